The quantitative estimate of drug-likeness (QED) is 0.899. The molecule has 2 atom stereocenters. The monoisotopic (exact) mass is 368 g/mol. The van der Waals surface area contributed by atoms with Crippen LogP contribution >= 0.6 is 0 Å². The molecular weight excluding hydrogens is 347 g/mol. The van der Waals surface area contributed by atoms with Gasteiger partial charge in [0.05, 0.1) is 19.1 Å². The van der Waals surface area contributed by atoms with E-state index in [4.69, 9.17) is 0 Å². The van der Waals surface area contributed by atoms with E-state index in [1.54, 1.807) is 41.6 Å². The number of nitrogens with zero attached hydrogens (tertiary/aromatic N) is 3. The summed E-state index contributed by atoms with van der Waals surface area (Å²) in [4.78, 5) is 33.1. The minimum Gasteiger partial charge on any atom is -0.315 e. The molecule has 1 N–H and O–H groups in total. The summed E-state index contributed by atoms with van der Waals surface area (Å²) in [5.41, 5.74) is 1.23. The molecule has 0 spiro atoms. The molecule has 4 rings (SSSR count). The predicted molar refractivity (Wildman–Crippen MR) is 96.9 cm³/mol. The van der Waals surface area contributed by atoms with Crippen LogP contribution in [0.3, 0.4) is 0 Å². The van der Waals surface area contributed by atoms with Gasteiger partial charge in [-0.15, -0.1) is 0 Å². The summed E-state index contributed by atoms with van der Waals surface area (Å²) in [6.45, 7) is 1.03. The number of carbonyl (C=O) groups is 2. The van der Waals surface area contributed by atoms with Gasteiger partial charge in [0.15, 0.2) is 0 Å². The van der Waals surface area contributed by atoms with Crippen molar-refractivity contribution in [3.63, 3.8) is 0 Å². The molecule has 0 radical (unpaired) electrons. The number of hydrogen-bond donors (Lipinski definition) is 1. The molecule has 0 bridgehead atoms. The van der Waals surface area contributed by atoms with Crippen LogP contribution in [0, 0.1) is 5.82 Å². The first-order valence-electron chi connectivity index (χ1n) is 9.13. The average Bonchev–Trinajstić information content (AvgIpc) is 2.70. The molecule has 27 heavy (non-hydrogen) atoms. The first kappa shape index (κ1) is 17.6. The summed E-state index contributed by atoms with van der Waals surface area (Å²) in [6.07, 6.45) is 4.89. The van der Waals surface area contributed by atoms with Crippen LogP contribution in [0.15, 0.2) is 48.8 Å². The van der Waals surface area contributed by atoms with E-state index in [1.807, 2.05) is 6.07 Å². The molecule has 2 aromatic rings. The molecule has 1 aromatic carbocycles. The lowest BCUT2D eigenvalue weighted by Gasteiger charge is -2.47. The maximum atomic E-state index is 14.2. The largest absolute Gasteiger partial charge is 0.327 e. The fourth-order valence-electron chi connectivity index (χ4n) is 3.83. The Balaban J connectivity index is 1.64. The van der Waals surface area contributed by atoms with Gasteiger partial charge in [-0.3, -0.25) is 14.7 Å². The second kappa shape index (κ2) is 7.44. The van der Waals surface area contributed by atoms with Crippen LogP contribution in [0.1, 0.15) is 24.0 Å². The van der Waals surface area contributed by atoms with Crippen molar-refractivity contribution in [1.82, 2.24) is 20.1 Å². The molecule has 7 heteroatoms. The molecule has 2 aliphatic rings. The second-order valence-corrected chi connectivity index (χ2v) is 6.93. The Morgan fingerprint density at radius 1 is 1.15 bits per heavy atom. The number of carbonyl (C=O) groups excluding carboxylic acids is 2. The smallest absolute Gasteiger partial charge is 0.315 e. The minimum absolute atomic E-state index is 0.144. The zero-order chi connectivity index (χ0) is 18.8. The Morgan fingerprint density at radius 2 is 2.00 bits per heavy atom. The minimum atomic E-state index is -0.458. The first-order valence-corrected chi connectivity index (χ1v) is 9.13. The zero-order valence-corrected chi connectivity index (χ0v) is 14.8. The highest BCUT2D eigenvalue weighted by Gasteiger charge is 2.47. The summed E-state index contributed by atoms with van der Waals surface area (Å²) in [7, 11) is 0. The van der Waals surface area contributed by atoms with Crippen LogP contribution in [0.4, 0.5) is 9.18 Å². The van der Waals surface area contributed by atoms with Crippen LogP contribution < -0.4 is 5.32 Å². The highest BCUT2D eigenvalue weighted by molar-refractivity contribution is 6.00. The standard InChI is InChI=1S/C20H21FN4O2/c21-16-7-2-1-6-15(16)13-24-17-8-4-10-23-18(17)19(26)25(20(24)27)12-14-5-3-9-22-11-14/h1-3,5-7,9,11,17-18,23H,4,8,10,12-13H2. The lowest BCUT2D eigenvalue weighted by molar-refractivity contribution is -0.137. The fourth-order valence-corrected chi connectivity index (χ4v) is 3.83. The van der Waals surface area contributed by atoms with E-state index in [0.717, 1.165) is 24.9 Å². The van der Waals surface area contributed by atoms with Crippen molar-refractivity contribution in [3.05, 3.63) is 65.7 Å². The van der Waals surface area contributed by atoms with Gasteiger partial charge in [0.1, 0.15) is 11.9 Å². The summed E-state index contributed by atoms with van der Waals surface area (Å²) in [5.74, 6) is -0.570. The molecule has 0 aliphatic carbocycles. The number of piperidine rings is 1. The number of aromatic nitrogens is 1. The zero-order valence-electron chi connectivity index (χ0n) is 14.8. The van der Waals surface area contributed by atoms with Crippen molar-refractivity contribution in [2.45, 2.75) is 38.0 Å². The summed E-state index contributed by atoms with van der Waals surface area (Å²) in [5, 5.41) is 3.24. The Hall–Kier alpha value is -2.80. The molecule has 3 amide bonds. The van der Waals surface area contributed by atoms with Crippen molar-refractivity contribution < 1.29 is 14.0 Å². The molecule has 3 heterocycles. The van der Waals surface area contributed by atoms with Gasteiger partial charge in [-0.25, -0.2) is 9.18 Å². The molecular formula is C20H21FN4O2. The summed E-state index contributed by atoms with van der Waals surface area (Å²) < 4.78 is 14.2. The number of rotatable bonds is 4. The van der Waals surface area contributed by atoms with Gasteiger partial charge in [-0.2, -0.15) is 0 Å². The number of imide groups is 1. The van der Waals surface area contributed by atoms with E-state index < -0.39 is 6.04 Å². The van der Waals surface area contributed by atoms with Crippen molar-refractivity contribution in [1.29, 1.82) is 0 Å². The number of urea groups is 1. The lowest BCUT2D eigenvalue weighted by atomic mass is 9.93. The van der Waals surface area contributed by atoms with Crippen LogP contribution in [0.5, 0.6) is 0 Å². The lowest BCUT2D eigenvalue weighted by Crippen LogP contribution is -2.68. The third-order valence-corrected chi connectivity index (χ3v) is 5.20. The van der Waals surface area contributed by atoms with E-state index in [9.17, 15) is 14.0 Å². The molecule has 6 nitrogen and oxygen atoms in total. The molecule has 2 fully saturated rings. The topological polar surface area (TPSA) is 65.5 Å². The number of nitrogens with one attached hydrogen (secondary N) is 1. The molecule has 0 saturated carbocycles. The highest BCUT2D eigenvalue weighted by atomic mass is 19.1. The maximum Gasteiger partial charge on any atom is 0.327 e. The van der Waals surface area contributed by atoms with E-state index in [2.05, 4.69) is 10.3 Å². The van der Waals surface area contributed by atoms with Crippen LogP contribution in [-0.2, 0) is 17.9 Å². The van der Waals surface area contributed by atoms with Gasteiger partial charge < -0.3 is 10.2 Å². The van der Waals surface area contributed by atoms with Gasteiger partial charge in [0, 0.05) is 18.0 Å². The Morgan fingerprint density at radius 3 is 2.78 bits per heavy atom. The maximum absolute atomic E-state index is 14.2. The average molecular weight is 368 g/mol. The first-order chi connectivity index (χ1) is 13.1. The van der Waals surface area contributed by atoms with Gasteiger partial charge in [0.2, 0.25) is 5.91 Å². The van der Waals surface area contributed by atoms with Crippen LogP contribution in [0.25, 0.3) is 0 Å². The van der Waals surface area contributed by atoms with Gasteiger partial charge in [-0.1, -0.05) is 24.3 Å². The SMILES string of the molecule is O=C1C2NCCCC2N(Cc2ccccc2F)C(=O)N1Cc1cccnc1. The number of pyridine rings is 1. The third-order valence-electron chi connectivity index (χ3n) is 5.20. The second-order valence-electron chi connectivity index (χ2n) is 6.93. The van der Waals surface area contributed by atoms with Gasteiger partial charge in [-0.05, 0) is 37.1 Å². The molecule has 1 aromatic heterocycles. The Bertz CT molecular complexity index is 845. The van der Waals surface area contributed by atoms with Crippen molar-refractivity contribution in [2.24, 2.45) is 0 Å². The summed E-state index contributed by atoms with van der Waals surface area (Å²) >= 11 is 0. The van der Waals surface area contributed by atoms with E-state index in [1.165, 1.54) is 11.0 Å². The number of amides is 3. The highest BCUT2D eigenvalue weighted by Crippen LogP contribution is 2.28. The molecule has 2 saturated heterocycles. The molecule has 140 valence electrons. The van der Waals surface area contributed by atoms with Gasteiger partial charge >= 0.3 is 6.03 Å². The summed E-state index contributed by atoms with van der Waals surface area (Å²) in [6, 6.07) is 8.94. The fraction of sp³-hybridized carbons (Fsp3) is 0.350. The molecule has 2 aliphatic heterocycles. The van der Waals surface area contributed by atoms with Gasteiger partial charge in [0.25, 0.3) is 0 Å². The number of halogens is 1. The van der Waals surface area contributed by atoms with E-state index in [0.29, 0.717) is 5.56 Å². The van der Waals surface area contributed by atoms with Crippen molar-refractivity contribution in [2.75, 3.05) is 6.54 Å². The number of fused-ring (bicyclic) bond motifs is 1. The van der Waals surface area contributed by atoms with Crippen LogP contribution in [-0.4, -0.2) is 45.4 Å². The van der Waals surface area contributed by atoms with Crippen molar-refractivity contribution in [3.8, 4) is 0 Å². The van der Waals surface area contributed by atoms with Crippen LogP contribution in [0.2, 0.25) is 0 Å². The number of benzene rings is 1. The third kappa shape index (κ3) is 3.42. The normalized spacial score (nSPS) is 22.7. The predicted octanol–water partition coefficient (Wildman–Crippen LogP) is 2.31. The Kier molecular flexibility index (Phi) is 4.85. The van der Waals surface area contributed by atoms with E-state index in [-0.39, 0.29) is 36.9 Å². The Labute approximate surface area is 157 Å². The number of hydrogen-bond acceptors (Lipinski definition) is 4. The van der Waals surface area contributed by atoms with Crippen molar-refractivity contribution >= 4 is 11.9 Å². The van der Waals surface area contributed by atoms with E-state index >= 15 is 0 Å². The molecule has 2 unspecified atom stereocenters.